The summed E-state index contributed by atoms with van der Waals surface area (Å²) >= 11 is 1.39. The highest BCUT2D eigenvalue weighted by Crippen LogP contribution is 2.32. The largest absolute Gasteiger partial charge is 0.228 e. The molecule has 0 aromatic heterocycles. The molecule has 0 bridgehead atoms. The maximum absolute atomic E-state index is 11.7. The van der Waals surface area contributed by atoms with Crippen molar-refractivity contribution in [3.63, 3.8) is 0 Å². The molecule has 2 nitrogen and oxygen atoms in total. The van der Waals surface area contributed by atoms with Gasteiger partial charge in [-0.3, -0.25) is 0 Å². The highest BCUT2D eigenvalue weighted by Gasteiger charge is 2.34. The molecule has 0 saturated carbocycles. The maximum atomic E-state index is 11.7. The minimum Gasteiger partial charge on any atom is -0.228 e. The van der Waals surface area contributed by atoms with Gasteiger partial charge < -0.3 is 0 Å². The molecule has 1 rings (SSSR count). The fourth-order valence-corrected chi connectivity index (χ4v) is 3.27. The predicted molar refractivity (Wildman–Crippen MR) is 66.9 cm³/mol. The van der Waals surface area contributed by atoms with E-state index in [4.69, 9.17) is 0 Å². The summed E-state index contributed by atoms with van der Waals surface area (Å²) in [5.41, 5.74) is 1.06. The zero-order chi connectivity index (χ0) is 11.5. The Morgan fingerprint density at radius 2 is 1.80 bits per heavy atom. The van der Waals surface area contributed by atoms with Crippen LogP contribution in [-0.4, -0.2) is 25.0 Å². The summed E-state index contributed by atoms with van der Waals surface area (Å²) in [4.78, 5) is 0. The molecule has 1 atom stereocenters. The third-order valence-electron chi connectivity index (χ3n) is 2.58. The average Bonchev–Trinajstić information content (AvgIpc) is 2.17. The van der Waals surface area contributed by atoms with E-state index in [1.54, 1.807) is 6.92 Å². The van der Waals surface area contributed by atoms with Crippen LogP contribution in [0.25, 0.3) is 0 Å². The van der Waals surface area contributed by atoms with E-state index in [-0.39, 0.29) is 0 Å². The summed E-state index contributed by atoms with van der Waals surface area (Å²) in [6.45, 7) is 1.78. The minimum atomic E-state index is -3.05. The van der Waals surface area contributed by atoms with Gasteiger partial charge in [-0.2, -0.15) is 0 Å². The van der Waals surface area contributed by atoms with E-state index in [0.29, 0.717) is 6.42 Å². The van der Waals surface area contributed by atoms with E-state index >= 15 is 0 Å². The van der Waals surface area contributed by atoms with Crippen LogP contribution in [0.1, 0.15) is 12.5 Å². The molecule has 1 unspecified atom stereocenters. The normalized spacial score (nSPS) is 15.9. The standard InChI is InChI=1S/C11H16O2S2/c1-11(14-2,15(3,12)13)9-10-7-5-4-6-8-10/h4-8H,9H2,1-3H3. The Bertz CT molecular complexity index is 411. The Kier molecular flexibility index (Phi) is 3.84. The first-order chi connectivity index (χ1) is 6.89. The van der Waals surface area contributed by atoms with E-state index in [9.17, 15) is 8.42 Å². The van der Waals surface area contributed by atoms with Crippen LogP contribution >= 0.6 is 11.8 Å². The van der Waals surface area contributed by atoms with Crippen molar-refractivity contribution in [3.8, 4) is 0 Å². The van der Waals surface area contributed by atoms with Crippen LogP contribution in [-0.2, 0) is 16.3 Å². The van der Waals surface area contributed by atoms with E-state index in [2.05, 4.69) is 0 Å². The Balaban J connectivity index is 2.97. The molecule has 0 spiro atoms. The molecule has 0 N–H and O–H groups in total. The third-order valence-corrected chi connectivity index (χ3v) is 6.71. The molecule has 0 saturated heterocycles. The number of rotatable bonds is 4. The second-order valence-electron chi connectivity index (χ2n) is 3.77. The van der Waals surface area contributed by atoms with Crippen LogP contribution < -0.4 is 0 Å². The van der Waals surface area contributed by atoms with Crippen LogP contribution in [0.3, 0.4) is 0 Å². The predicted octanol–water partition coefficient (Wildman–Crippen LogP) is 2.35. The summed E-state index contributed by atoms with van der Waals surface area (Å²) in [7, 11) is -3.05. The fraction of sp³-hybridized carbons (Fsp3) is 0.455. The van der Waals surface area contributed by atoms with Gasteiger partial charge in [0.05, 0.1) is 0 Å². The maximum Gasteiger partial charge on any atom is 0.162 e. The van der Waals surface area contributed by atoms with E-state index in [0.717, 1.165) is 5.56 Å². The summed E-state index contributed by atoms with van der Waals surface area (Å²) in [6, 6.07) is 9.70. The van der Waals surface area contributed by atoms with Crippen molar-refractivity contribution in [2.75, 3.05) is 12.5 Å². The Hall–Kier alpha value is -0.480. The smallest absolute Gasteiger partial charge is 0.162 e. The van der Waals surface area contributed by atoms with E-state index in [1.165, 1.54) is 18.0 Å². The quantitative estimate of drug-likeness (QED) is 0.815. The average molecular weight is 244 g/mol. The lowest BCUT2D eigenvalue weighted by Crippen LogP contribution is -2.33. The van der Waals surface area contributed by atoms with Gasteiger partial charge in [0.1, 0.15) is 4.08 Å². The van der Waals surface area contributed by atoms with Gasteiger partial charge >= 0.3 is 0 Å². The number of hydrogen-bond acceptors (Lipinski definition) is 3. The highest BCUT2D eigenvalue weighted by atomic mass is 32.3. The lowest BCUT2D eigenvalue weighted by molar-refractivity contribution is 0.582. The van der Waals surface area contributed by atoms with Gasteiger partial charge in [0.15, 0.2) is 9.84 Å². The fourth-order valence-electron chi connectivity index (χ4n) is 1.32. The molecule has 0 fully saturated rings. The van der Waals surface area contributed by atoms with Gasteiger partial charge in [0, 0.05) is 12.7 Å². The van der Waals surface area contributed by atoms with Crippen LogP contribution in [0.4, 0.5) is 0 Å². The summed E-state index contributed by atoms with van der Waals surface area (Å²) in [6.07, 6.45) is 3.68. The summed E-state index contributed by atoms with van der Waals surface area (Å²) in [5, 5.41) is 0. The van der Waals surface area contributed by atoms with Crippen molar-refractivity contribution in [2.45, 2.75) is 17.4 Å². The highest BCUT2D eigenvalue weighted by molar-refractivity contribution is 8.14. The Morgan fingerprint density at radius 1 is 1.27 bits per heavy atom. The zero-order valence-corrected chi connectivity index (χ0v) is 10.9. The van der Waals surface area contributed by atoms with Gasteiger partial charge in [-0.1, -0.05) is 30.3 Å². The topological polar surface area (TPSA) is 34.1 Å². The number of benzene rings is 1. The monoisotopic (exact) mass is 244 g/mol. The van der Waals surface area contributed by atoms with Crippen molar-refractivity contribution in [2.24, 2.45) is 0 Å². The molecule has 1 aromatic rings. The number of thioether (sulfide) groups is 1. The molecule has 0 aliphatic heterocycles. The van der Waals surface area contributed by atoms with Crippen LogP contribution in [0.5, 0.6) is 0 Å². The van der Waals surface area contributed by atoms with Gasteiger partial charge in [-0.15, -0.1) is 11.8 Å². The third kappa shape index (κ3) is 2.98. The van der Waals surface area contributed by atoms with Gasteiger partial charge in [-0.05, 0) is 18.7 Å². The SMILES string of the molecule is CSC(C)(Cc1ccccc1)S(C)(=O)=O. The molecule has 4 heteroatoms. The van der Waals surface area contributed by atoms with Crippen molar-refractivity contribution in [1.82, 2.24) is 0 Å². The lowest BCUT2D eigenvalue weighted by atomic mass is 10.1. The Morgan fingerprint density at radius 3 is 2.20 bits per heavy atom. The van der Waals surface area contributed by atoms with Crippen molar-refractivity contribution < 1.29 is 8.42 Å². The molecule has 1 aromatic carbocycles. The first kappa shape index (κ1) is 12.6. The van der Waals surface area contributed by atoms with Gasteiger partial charge in [0.25, 0.3) is 0 Å². The van der Waals surface area contributed by atoms with Crippen molar-refractivity contribution in [1.29, 1.82) is 0 Å². The molecule has 0 radical (unpaired) electrons. The first-order valence-electron chi connectivity index (χ1n) is 4.68. The second-order valence-corrected chi connectivity index (χ2v) is 7.79. The molecule has 84 valence electrons. The van der Waals surface area contributed by atoms with Crippen LogP contribution in [0, 0.1) is 0 Å². The molecule has 0 heterocycles. The summed E-state index contributed by atoms with van der Waals surface area (Å²) < 4.78 is 22.6. The Labute approximate surface area is 96.0 Å². The van der Waals surface area contributed by atoms with Crippen molar-refractivity contribution >= 4 is 21.6 Å². The van der Waals surface area contributed by atoms with E-state index in [1.807, 2.05) is 36.6 Å². The van der Waals surface area contributed by atoms with E-state index < -0.39 is 13.9 Å². The summed E-state index contributed by atoms with van der Waals surface area (Å²) in [5.74, 6) is 0. The molecular formula is C11H16O2S2. The molecule has 0 aliphatic rings. The zero-order valence-electron chi connectivity index (χ0n) is 9.23. The second kappa shape index (κ2) is 4.58. The lowest BCUT2D eigenvalue weighted by Gasteiger charge is -2.25. The molecular weight excluding hydrogens is 228 g/mol. The van der Waals surface area contributed by atoms with Crippen LogP contribution in [0.2, 0.25) is 0 Å². The molecule has 15 heavy (non-hydrogen) atoms. The molecule has 0 aliphatic carbocycles. The first-order valence-corrected chi connectivity index (χ1v) is 7.79. The minimum absolute atomic E-state index is 0.549. The van der Waals surface area contributed by atoms with Crippen LogP contribution in [0.15, 0.2) is 30.3 Å². The van der Waals surface area contributed by atoms with Gasteiger partial charge in [-0.25, -0.2) is 8.42 Å². The number of hydrogen-bond donors (Lipinski definition) is 0. The van der Waals surface area contributed by atoms with Crippen molar-refractivity contribution in [3.05, 3.63) is 35.9 Å². The number of sulfone groups is 1. The van der Waals surface area contributed by atoms with Gasteiger partial charge in [0.2, 0.25) is 0 Å². The molecule has 0 amide bonds.